The summed E-state index contributed by atoms with van der Waals surface area (Å²) in [5.74, 6) is 0.160. The van der Waals surface area contributed by atoms with Crippen LogP contribution in [0.3, 0.4) is 0 Å². The van der Waals surface area contributed by atoms with Crippen molar-refractivity contribution in [1.82, 2.24) is 4.90 Å². The van der Waals surface area contributed by atoms with Gasteiger partial charge in [-0.05, 0) is 43.0 Å². The molecule has 2 aromatic carbocycles. The predicted octanol–water partition coefficient (Wildman–Crippen LogP) is 3.69. The number of amides is 1. The number of nitrogens with zero attached hydrogens (tertiary/aromatic N) is 1. The largest absolute Gasteiger partial charge is 0.486 e. The van der Waals surface area contributed by atoms with Crippen molar-refractivity contribution in [1.29, 1.82) is 0 Å². The van der Waals surface area contributed by atoms with Gasteiger partial charge in [0.1, 0.15) is 18.8 Å². The summed E-state index contributed by atoms with van der Waals surface area (Å²) in [7, 11) is 1.57. The summed E-state index contributed by atoms with van der Waals surface area (Å²) in [5.41, 5.74) is 0.144. The zero-order valence-electron chi connectivity index (χ0n) is 18.5. The van der Waals surface area contributed by atoms with E-state index in [1.165, 1.54) is 4.90 Å². The zero-order chi connectivity index (χ0) is 23.4. The molecule has 4 rings (SSSR count). The highest BCUT2D eigenvalue weighted by Gasteiger charge is 2.48. The first kappa shape index (κ1) is 23.1. The Hall–Kier alpha value is -3.06. The number of hydrogen-bond donors (Lipinski definition) is 0. The molecule has 174 valence electrons. The third-order valence-corrected chi connectivity index (χ3v) is 6.56. The highest BCUT2D eigenvalue weighted by molar-refractivity contribution is 6.31. The molecule has 1 fully saturated rings. The van der Waals surface area contributed by atoms with Crippen molar-refractivity contribution in [2.75, 3.05) is 26.9 Å². The van der Waals surface area contributed by atoms with Crippen LogP contribution in [0.5, 0.6) is 11.5 Å². The molecule has 1 heterocycles. The number of carbonyl (C=O) groups excluding carboxylic acids is 3. The Bertz CT molecular complexity index is 1070. The number of carbonyl (C=O) groups is 3. The van der Waals surface area contributed by atoms with Crippen molar-refractivity contribution < 1.29 is 28.6 Å². The molecule has 7 nitrogen and oxygen atoms in total. The third-order valence-electron chi connectivity index (χ3n) is 6.23. The standard InChI is InChI=1S/C25H26ClNO6/c1-27(25(11-5-4-8-22(25)28)18-6-2-3-7-19(18)26)23(29)16-33-24(30)15-17-9-10-20-21(14-17)32-13-12-31-20/h2-3,6-7,9-10,14H,4-5,8,11-13,15-16H2,1H3/t25-/m1/s1. The molecule has 0 saturated heterocycles. The van der Waals surface area contributed by atoms with E-state index in [1.807, 2.05) is 0 Å². The molecule has 0 bridgehead atoms. The molecule has 0 N–H and O–H groups in total. The summed E-state index contributed by atoms with van der Waals surface area (Å²) in [6.07, 6.45) is 2.40. The monoisotopic (exact) mass is 471 g/mol. The van der Waals surface area contributed by atoms with E-state index in [0.717, 1.165) is 12.8 Å². The minimum absolute atomic E-state index is 0.0117. The molecular weight excluding hydrogens is 446 g/mol. The fraction of sp³-hybridized carbons (Fsp3) is 0.400. The SMILES string of the molecule is CN(C(=O)COC(=O)Cc1ccc2c(c1)OCCO2)[C@@]1(c2ccccc2Cl)CCCCC1=O. The van der Waals surface area contributed by atoms with Crippen LogP contribution < -0.4 is 9.47 Å². The molecule has 0 spiro atoms. The third kappa shape index (κ3) is 4.69. The molecular formula is C25H26ClNO6. The zero-order valence-corrected chi connectivity index (χ0v) is 19.2. The lowest BCUT2D eigenvalue weighted by Gasteiger charge is -2.43. The van der Waals surface area contributed by atoms with Crippen molar-refractivity contribution in [3.63, 3.8) is 0 Å². The molecule has 2 aromatic rings. The van der Waals surface area contributed by atoms with Gasteiger partial charge in [-0.2, -0.15) is 0 Å². The van der Waals surface area contributed by atoms with Crippen LogP contribution in [0.2, 0.25) is 5.02 Å². The number of benzene rings is 2. The quantitative estimate of drug-likeness (QED) is 0.597. The molecule has 0 unspecified atom stereocenters. The summed E-state index contributed by atoms with van der Waals surface area (Å²) in [6, 6.07) is 12.3. The maximum atomic E-state index is 13.1. The van der Waals surface area contributed by atoms with Gasteiger partial charge in [-0.3, -0.25) is 14.4 Å². The Kier molecular flexibility index (Phi) is 6.88. The van der Waals surface area contributed by atoms with E-state index in [0.29, 0.717) is 53.7 Å². The van der Waals surface area contributed by atoms with E-state index < -0.39 is 24.0 Å². The molecule has 0 radical (unpaired) electrons. The second-order valence-corrected chi connectivity index (χ2v) is 8.65. The van der Waals surface area contributed by atoms with Crippen LogP contribution in [-0.2, 0) is 31.1 Å². The second-order valence-electron chi connectivity index (χ2n) is 8.24. The topological polar surface area (TPSA) is 82.1 Å². The number of halogens is 1. The van der Waals surface area contributed by atoms with Gasteiger partial charge in [-0.25, -0.2) is 0 Å². The lowest BCUT2D eigenvalue weighted by molar-refractivity contribution is -0.157. The van der Waals surface area contributed by atoms with Crippen LogP contribution in [0.15, 0.2) is 42.5 Å². The van der Waals surface area contributed by atoms with E-state index in [1.54, 1.807) is 49.5 Å². The van der Waals surface area contributed by atoms with Gasteiger partial charge in [0.2, 0.25) is 0 Å². The highest BCUT2D eigenvalue weighted by Crippen LogP contribution is 2.42. The summed E-state index contributed by atoms with van der Waals surface area (Å²) in [4.78, 5) is 40.0. The first-order chi connectivity index (χ1) is 15.9. The molecule has 2 aliphatic rings. The van der Waals surface area contributed by atoms with Crippen LogP contribution in [0.4, 0.5) is 0 Å². The minimum atomic E-state index is -1.16. The Balaban J connectivity index is 1.44. The molecule has 1 amide bonds. The van der Waals surface area contributed by atoms with Gasteiger partial charge in [-0.15, -0.1) is 0 Å². The lowest BCUT2D eigenvalue weighted by atomic mass is 9.74. The number of esters is 1. The number of likely N-dealkylation sites (N-methyl/N-ethyl adjacent to an activating group) is 1. The number of ketones is 1. The normalized spacial score (nSPS) is 19.6. The second kappa shape index (κ2) is 9.83. The lowest BCUT2D eigenvalue weighted by Crippen LogP contribution is -2.55. The smallest absolute Gasteiger partial charge is 0.310 e. The highest BCUT2D eigenvalue weighted by atomic mass is 35.5. The molecule has 1 aliphatic heterocycles. The maximum absolute atomic E-state index is 13.1. The molecule has 1 aliphatic carbocycles. The Morgan fingerprint density at radius 1 is 1.09 bits per heavy atom. The summed E-state index contributed by atoms with van der Waals surface area (Å²) >= 11 is 6.43. The van der Waals surface area contributed by atoms with Crippen LogP contribution in [0, 0.1) is 0 Å². The van der Waals surface area contributed by atoms with Crippen molar-refractivity contribution in [2.45, 2.75) is 37.6 Å². The van der Waals surface area contributed by atoms with Crippen molar-refractivity contribution >= 4 is 29.3 Å². The van der Waals surface area contributed by atoms with Crippen LogP contribution >= 0.6 is 11.6 Å². The van der Waals surface area contributed by atoms with Crippen molar-refractivity contribution in [3.05, 3.63) is 58.6 Å². The van der Waals surface area contributed by atoms with E-state index in [2.05, 4.69) is 0 Å². The fourth-order valence-electron chi connectivity index (χ4n) is 4.50. The fourth-order valence-corrected chi connectivity index (χ4v) is 4.79. The predicted molar refractivity (Wildman–Crippen MR) is 121 cm³/mol. The number of rotatable bonds is 6. The Labute approximate surface area is 197 Å². The van der Waals surface area contributed by atoms with Gasteiger partial charge in [-0.1, -0.05) is 35.9 Å². The van der Waals surface area contributed by atoms with Crippen molar-refractivity contribution in [2.24, 2.45) is 0 Å². The van der Waals surface area contributed by atoms with E-state index in [4.69, 9.17) is 25.8 Å². The average Bonchev–Trinajstić information content (AvgIpc) is 2.83. The first-order valence-corrected chi connectivity index (χ1v) is 11.4. The summed E-state index contributed by atoms with van der Waals surface area (Å²) in [6.45, 7) is 0.481. The number of hydrogen-bond acceptors (Lipinski definition) is 6. The van der Waals surface area contributed by atoms with Gasteiger partial charge in [0.05, 0.1) is 6.42 Å². The Morgan fingerprint density at radius 3 is 2.61 bits per heavy atom. The van der Waals surface area contributed by atoms with Crippen LogP contribution in [-0.4, -0.2) is 49.4 Å². The molecule has 33 heavy (non-hydrogen) atoms. The first-order valence-electron chi connectivity index (χ1n) is 11.0. The Morgan fingerprint density at radius 2 is 1.85 bits per heavy atom. The van der Waals surface area contributed by atoms with E-state index >= 15 is 0 Å². The average molecular weight is 472 g/mol. The number of ether oxygens (including phenoxy) is 3. The summed E-state index contributed by atoms with van der Waals surface area (Å²) < 4.78 is 16.3. The van der Waals surface area contributed by atoms with Gasteiger partial charge >= 0.3 is 5.97 Å². The summed E-state index contributed by atoms with van der Waals surface area (Å²) in [5, 5.41) is 0.433. The van der Waals surface area contributed by atoms with Gasteiger partial charge in [0, 0.05) is 24.1 Å². The number of Topliss-reactive ketones (excluding diaryl/α,β-unsaturated/α-hetero) is 1. The molecule has 8 heteroatoms. The molecule has 1 atom stereocenters. The minimum Gasteiger partial charge on any atom is -0.486 e. The van der Waals surface area contributed by atoms with Crippen molar-refractivity contribution in [3.8, 4) is 11.5 Å². The maximum Gasteiger partial charge on any atom is 0.310 e. The van der Waals surface area contributed by atoms with E-state index in [9.17, 15) is 14.4 Å². The molecule has 1 saturated carbocycles. The van der Waals surface area contributed by atoms with Gasteiger partial charge in [0.15, 0.2) is 23.9 Å². The molecule has 0 aromatic heterocycles. The van der Waals surface area contributed by atoms with Crippen LogP contribution in [0.25, 0.3) is 0 Å². The van der Waals surface area contributed by atoms with Crippen LogP contribution in [0.1, 0.15) is 36.8 Å². The van der Waals surface area contributed by atoms with E-state index in [-0.39, 0.29) is 12.2 Å². The van der Waals surface area contributed by atoms with Gasteiger partial charge < -0.3 is 19.1 Å². The number of fused-ring (bicyclic) bond motifs is 1. The van der Waals surface area contributed by atoms with Gasteiger partial charge in [0.25, 0.3) is 5.91 Å².